The molecule has 4 aliphatic heterocycles. The molecular formula is C63H85N9O38. The smallest absolute Gasteiger partial charge is 0.348 e. The van der Waals surface area contributed by atoms with E-state index in [0.29, 0.717) is 36.5 Å². The number of esters is 10. The molecule has 0 aliphatic carbocycles. The number of hydrogen-bond acceptors (Lipinski definition) is 38. The third-order valence-corrected chi connectivity index (χ3v) is 17.0. The highest BCUT2D eigenvalue weighted by molar-refractivity contribution is 5.91. The Morgan fingerprint density at radius 1 is 0.364 bits per heavy atom. The Kier molecular flexibility index (Phi) is 31.4. The second kappa shape index (κ2) is 39.8. The zero-order valence-electron chi connectivity index (χ0n) is 60.3. The number of aliphatic hydroxyl groups is 5. The molecule has 7 heterocycles. The van der Waals surface area contributed by atoms with Crippen LogP contribution in [0.1, 0.15) is 46.5 Å². The van der Waals surface area contributed by atoms with Crippen LogP contribution in [0.2, 0.25) is 0 Å². The Balaban J connectivity index is 1.09. The predicted molar refractivity (Wildman–Crippen MR) is 352 cm³/mol. The molecule has 110 heavy (non-hydrogen) atoms. The molecule has 0 radical (unpaired) electrons. The molecule has 14 unspecified atom stereocenters. The third kappa shape index (κ3) is 24.0. The van der Waals surface area contributed by atoms with Gasteiger partial charge in [-0.2, -0.15) is 0 Å². The van der Waals surface area contributed by atoms with Gasteiger partial charge in [0.1, 0.15) is 57.8 Å². The van der Waals surface area contributed by atoms with Crippen molar-refractivity contribution in [3.8, 4) is 0 Å². The molecule has 610 valence electrons. The summed E-state index contributed by atoms with van der Waals surface area (Å²) in [4.78, 5) is 258. The lowest BCUT2D eigenvalue weighted by atomic mass is 9.86. The van der Waals surface area contributed by atoms with E-state index >= 15 is 0 Å². The van der Waals surface area contributed by atoms with E-state index in [1.165, 1.54) is 6.92 Å². The van der Waals surface area contributed by atoms with Crippen molar-refractivity contribution >= 4 is 59.7 Å². The summed E-state index contributed by atoms with van der Waals surface area (Å²) in [6.45, 7) is -8.48. The lowest BCUT2D eigenvalue weighted by Gasteiger charge is -2.26. The summed E-state index contributed by atoms with van der Waals surface area (Å²) in [5.41, 5.74) is -11.2. The summed E-state index contributed by atoms with van der Waals surface area (Å²) >= 11 is 0. The molecule has 14 atom stereocenters. The standard InChI is InChI=1S/C63H85N9O38/c1-31(74)23-106-50(83)41(40(13-44(78)97-4)52(85)108-25-34(76)17-67-58(91)69(19-36-27-102-36)62(95)70(59(67)92)20-37-28-103-37)14-45(79)100-11-8-65-55(88)64(7-10-73)56(89)66(57(65)90)9-12-101-46(80)15-42(43(51(84)107-24-32(2)75)16-47(81)110-48(54(87)99-6)33(3)49(82)98-5)53(86)109-26-35(77)18-68-60(93)71(21-38-29-104-38)63(96)72(61(68)94)22-39-30-105-39/h31-43,48,73-77H,7-30H2,1-6H3. The Morgan fingerprint density at radius 2 is 0.645 bits per heavy atom. The van der Waals surface area contributed by atoms with Crippen molar-refractivity contribution in [2.24, 2.45) is 29.6 Å². The number of carbonyl (C=O) groups excluding carboxylic acids is 10. The summed E-state index contributed by atoms with van der Waals surface area (Å²) in [7, 11) is 2.67. The molecule has 0 saturated carbocycles. The first-order chi connectivity index (χ1) is 52.1. The van der Waals surface area contributed by atoms with Gasteiger partial charge in [-0.3, -0.25) is 43.2 Å². The number of aliphatic hydroxyl groups excluding tert-OH is 5. The van der Waals surface area contributed by atoms with Gasteiger partial charge in [0.25, 0.3) is 0 Å². The number of nitrogens with zero attached hydrogens (tertiary/aromatic N) is 9. The molecule has 0 spiro atoms. The lowest BCUT2D eigenvalue weighted by Crippen LogP contribution is -2.56. The summed E-state index contributed by atoms with van der Waals surface area (Å²) < 4.78 is 75.8. The van der Waals surface area contributed by atoms with Crippen LogP contribution in [-0.2, 0) is 173 Å². The fourth-order valence-electron chi connectivity index (χ4n) is 10.8. The van der Waals surface area contributed by atoms with Gasteiger partial charge < -0.3 is 91.8 Å². The largest absolute Gasteiger partial charge is 0.469 e. The number of epoxide rings is 4. The number of carbonyl (C=O) groups is 10. The molecule has 47 nitrogen and oxygen atoms in total. The molecule has 4 saturated heterocycles. The van der Waals surface area contributed by atoms with Gasteiger partial charge in [-0.05, 0) is 20.8 Å². The van der Waals surface area contributed by atoms with Crippen molar-refractivity contribution in [3.05, 3.63) is 94.4 Å². The van der Waals surface area contributed by atoms with Crippen molar-refractivity contribution in [1.82, 2.24) is 41.1 Å². The molecule has 47 heteroatoms. The van der Waals surface area contributed by atoms with Crippen LogP contribution in [0.3, 0.4) is 0 Å². The average Bonchev–Trinajstić information content (AvgIpc) is 1.79. The van der Waals surface area contributed by atoms with E-state index < -0.39 is 300 Å². The van der Waals surface area contributed by atoms with Gasteiger partial charge in [0, 0.05) is 0 Å². The Morgan fingerprint density at radius 3 is 0.936 bits per heavy atom. The van der Waals surface area contributed by atoms with Crippen LogP contribution in [0.15, 0.2) is 43.2 Å². The fraction of sp³-hybridized carbons (Fsp3) is 0.698. The topological polar surface area (TPSA) is 612 Å². The molecule has 5 N–H and O–H groups in total. The van der Waals surface area contributed by atoms with Crippen LogP contribution >= 0.6 is 0 Å². The minimum Gasteiger partial charge on any atom is -0.469 e. The SMILES string of the molecule is COC(=O)CC(C(=O)OCC(O)Cn1c(=O)n(CC2CO2)c(=O)n(CC2CO2)c1=O)C(CC(=O)OCCn1c(=O)n(CCO)c(=O)n(CCOC(=O)CC(C(=O)OCC(O)Cn2c(=O)n(CC3CO3)c(=O)n(CC3CO3)c2=O)C(CC(=O)OC(C(=O)OC)C(C)C(=O)OC)C(=O)OCC(C)O)c1=O)C(=O)OCC(C)O. The Bertz CT molecular complexity index is 4340. The first kappa shape index (κ1) is 86.8. The molecule has 0 amide bonds. The minimum atomic E-state index is -2.32. The van der Waals surface area contributed by atoms with Gasteiger partial charge in [-0.1, -0.05) is 0 Å². The van der Waals surface area contributed by atoms with Crippen LogP contribution in [-0.4, -0.2) is 275 Å². The van der Waals surface area contributed by atoms with E-state index in [-0.39, 0.29) is 57.2 Å². The molecule has 4 aliphatic rings. The van der Waals surface area contributed by atoms with Gasteiger partial charge in [-0.15, -0.1) is 0 Å². The van der Waals surface area contributed by atoms with Crippen LogP contribution in [0.5, 0.6) is 0 Å². The highest BCUT2D eigenvalue weighted by Gasteiger charge is 2.45. The van der Waals surface area contributed by atoms with E-state index in [1.807, 2.05) is 0 Å². The van der Waals surface area contributed by atoms with Gasteiger partial charge in [0.05, 0.1) is 199 Å². The van der Waals surface area contributed by atoms with Gasteiger partial charge >= 0.3 is 111 Å². The molecule has 7 rings (SSSR count). The van der Waals surface area contributed by atoms with Crippen LogP contribution in [0.25, 0.3) is 0 Å². The summed E-state index contributed by atoms with van der Waals surface area (Å²) in [6.07, 6.45) is -16.0. The highest BCUT2D eigenvalue weighted by Crippen LogP contribution is 2.28. The zero-order chi connectivity index (χ0) is 81.1. The van der Waals surface area contributed by atoms with E-state index in [0.717, 1.165) is 35.2 Å². The van der Waals surface area contributed by atoms with Gasteiger partial charge in [0.2, 0.25) is 6.10 Å². The number of methoxy groups -OCH3 is 3. The number of aromatic nitrogens is 9. The Hall–Kier alpha value is -10.4. The second-order valence-electron chi connectivity index (χ2n) is 25.7. The van der Waals surface area contributed by atoms with E-state index in [2.05, 4.69) is 9.47 Å². The highest BCUT2D eigenvalue weighted by atomic mass is 16.6. The van der Waals surface area contributed by atoms with Gasteiger partial charge in [-0.25, -0.2) is 89.0 Å². The van der Waals surface area contributed by atoms with Gasteiger partial charge in [0.15, 0.2) is 0 Å². The minimum absolute atomic E-state index is 0.166. The number of hydrogen-bond donors (Lipinski definition) is 5. The molecular weight excluding hydrogens is 1490 g/mol. The van der Waals surface area contributed by atoms with Crippen molar-refractivity contribution in [2.75, 3.05) is 94.0 Å². The predicted octanol–water partition coefficient (Wildman–Crippen LogP) is -11.0. The van der Waals surface area contributed by atoms with Crippen molar-refractivity contribution in [1.29, 1.82) is 0 Å². The second-order valence-corrected chi connectivity index (χ2v) is 25.7. The maximum atomic E-state index is 14.4. The number of rotatable bonds is 46. The first-order valence-corrected chi connectivity index (χ1v) is 34.2. The Labute approximate surface area is 617 Å². The van der Waals surface area contributed by atoms with Crippen LogP contribution in [0, 0.1) is 29.6 Å². The third-order valence-electron chi connectivity index (χ3n) is 17.0. The summed E-state index contributed by atoms with van der Waals surface area (Å²) in [6, 6.07) is 0. The van der Waals surface area contributed by atoms with Crippen molar-refractivity contribution in [3.63, 3.8) is 0 Å². The normalized spacial score (nSPS) is 18.7. The maximum absolute atomic E-state index is 14.4. The van der Waals surface area contributed by atoms with E-state index in [9.17, 15) is 117 Å². The quantitative estimate of drug-likeness (QED) is 0.0199. The monoisotopic (exact) mass is 1580 g/mol. The zero-order valence-corrected chi connectivity index (χ0v) is 60.3. The van der Waals surface area contributed by atoms with Crippen LogP contribution in [0.4, 0.5) is 0 Å². The summed E-state index contributed by atoms with van der Waals surface area (Å²) in [5, 5.41) is 52.2. The fourth-order valence-corrected chi connectivity index (χ4v) is 10.8. The van der Waals surface area contributed by atoms with E-state index in [4.69, 9.17) is 56.8 Å². The van der Waals surface area contributed by atoms with Crippen molar-refractivity contribution in [2.45, 2.75) is 160 Å². The van der Waals surface area contributed by atoms with Crippen LogP contribution < -0.4 is 51.2 Å². The molecule has 3 aromatic heterocycles. The van der Waals surface area contributed by atoms with E-state index in [1.54, 1.807) is 0 Å². The summed E-state index contributed by atoms with van der Waals surface area (Å²) in [5.74, 6) is -24.6. The van der Waals surface area contributed by atoms with Crippen molar-refractivity contribution < 1.29 is 140 Å². The first-order valence-electron chi connectivity index (χ1n) is 34.2. The lowest BCUT2D eigenvalue weighted by molar-refractivity contribution is -0.178. The molecule has 0 aromatic carbocycles. The number of ether oxygens (including phenoxy) is 14. The molecule has 4 fully saturated rings. The molecule has 0 bridgehead atoms. The maximum Gasteiger partial charge on any atom is 0.348 e. The molecule has 3 aromatic rings. The average molecular weight is 1580 g/mol.